The van der Waals surface area contributed by atoms with Gasteiger partial charge in [0.15, 0.2) is 5.83 Å². The molecule has 0 aromatic heterocycles. The van der Waals surface area contributed by atoms with Crippen LogP contribution in [0.2, 0.25) is 5.02 Å². The zero-order valence-corrected chi connectivity index (χ0v) is 19.3. The number of methoxy groups -OCH3 is 1. The Morgan fingerprint density at radius 3 is 2.62 bits per heavy atom. The van der Waals surface area contributed by atoms with Crippen molar-refractivity contribution in [1.29, 1.82) is 0 Å². The van der Waals surface area contributed by atoms with Gasteiger partial charge < -0.3 is 15.0 Å². The molecule has 0 saturated carbocycles. The van der Waals surface area contributed by atoms with Crippen LogP contribution >= 0.6 is 11.6 Å². The molecular formula is C24H27ClFN5O. The van der Waals surface area contributed by atoms with Crippen molar-refractivity contribution in [3.05, 3.63) is 58.5 Å². The summed E-state index contributed by atoms with van der Waals surface area (Å²) in [7, 11) is 1.49. The van der Waals surface area contributed by atoms with Crippen LogP contribution in [-0.2, 0) is 4.74 Å². The molecule has 1 fully saturated rings. The third kappa shape index (κ3) is 4.27. The normalized spacial score (nSPS) is 21.3. The topological polar surface area (TPSA) is 61.6 Å². The molecule has 4 rings (SSSR count). The minimum atomic E-state index is -0.483. The quantitative estimate of drug-likeness (QED) is 0.696. The van der Waals surface area contributed by atoms with Crippen molar-refractivity contribution in [3.63, 3.8) is 0 Å². The van der Waals surface area contributed by atoms with Crippen molar-refractivity contribution in [2.75, 3.05) is 39.8 Å². The van der Waals surface area contributed by atoms with Gasteiger partial charge in [0.25, 0.3) is 0 Å². The summed E-state index contributed by atoms with van der Waals surface area (Å²) in [5, 5.41) is 5.59. The number of halogens is 2. The van der Waals surface area contributed by atoms with E-state index in [1.54, 1.807) is 0 Å². The van der Waals surface area contributed by atoms with Crippen LogP contribution in [0.1, 0.15) is 19.4 Å². The number of nitrogens with zero attached hydrogens (tertiary/aromatic N) is 4. The summed E-state index contributed by atoms with van der Waals surface area (Å²) in [5.41, 5.74) is 1.16. The average molecular weight is 456 g/mol. The Hall–Kier alpha value is -2.77. The highest BCUT2D eigenvalue weighted by Gasteiger charge is 2.32. The second-order valence-electron chi connectivity index (χ2n) is 7.69. The van der Waals surface area contributed by atoms with Gasteiger partial charge in [-0.05, 0) is 25.3 Å². The van der Waals surface area contributed by atoms with Gasteiger partial charge in [0, 0.05) is 48.7 Å². The molecule has 32 heavy (non-hydrogen) atoms. The van der Waals surface area contributed by atoms with Gasteiger partial charge in [-0.15, -0.1) is 0 Å². The van der Waals surface area contributed by atoms with Gasteiger partial charge in [0.1, 0.15) is 11.5 Å². The number of benzene rings is 2. The highest BCUT2D eigenvalue weighted by Crippen LogP contribution is 2.32. The predicted molar refractivity (Wildman–Crippen MR) is 130 cm³/mol. The SMILES string of the molecule is CCN=C(/C(F)=C1/N=C(OC)N=C(N2CCNCC2)C1C)c1cccc2cccc(Cl)c12. The Labute approximate surface area is 192 Å². The van der Waals surface area contributed by atoms with Crippen LogP contribution in [0.3, 0.4) is 0 Å². The second-order valence-corrected chi connectivity index (χ2v) is 8.10. The van der Waals surface area contributed by atoms with Crippen LogP contribution in [0.5, 0.6) is 0 Å². The molecule has 6 nitrogen and oxygen atoms in total. The van der Waals surface area contributed by atoms with Gasteiger partial charge in [0.2, 0.25) is 0 Å². The van der Waals surface area contributed by atoms with E-state index in [9.17, 15) is 0 Å². The van der Waals surface area contributed by atoms with Crippen molar-refractivity contribution in [1.82, 2.24) is 10.2 Å². The Bertz CT molecular complexity index is 1130. The van der Waals surface area contributed by atoms with Gasteiger partial charge in [-0.2, -0.15) is 9.98 Å². The largest absolute Gasteiger partial charge is 0.467 e. The zero-order valence-electron chi connectivity index (χ0n) is 18.5. The third-order valence-electron chi connectivity index (χ3n) is 5.71. The van der Waals surface area contributed by atoms with Crippen LogP contribution in [0, 0.1) is 5.92 Å². The monoisotopic (exact) mass is 455 g/mol. The molecule has 2 heterocycles. The van der Waals surface area contributed by atoms with Crippen molar-refractivity contribution < 1.29 is 9.13 Å². The number of ether oxygens (including phenoxy) is 1. The summed E-state index contributed by atoms with van der Waals surface area (Å²) >= 11 is 6.52. The standard InChI is InChI=1S/C24H27ClFN5O/c1-4-28-22(17-9-5-7-16-8-6-10-18(25)19(16)17)20(26)21-15(2)23(30-24(29-21)32-3)31-13-11-27-12-14-31/h5-10,15,27H,4,11-14H2,1-3H3/b21-20-,28-22?. The first kappa shape index (κ1) is 22.4. The minimum Gasteiger partial charge on any atom is -0.467 e. The molecule has 1 unspecified atom stereocenters. The maximum absolute atomic E-state index is 16.2. The summed E-state index contributed by atoms with van der Waals surface area (Å²) in [5.74, 6) is -0.0707. The first-order chi connectivity index (χ1) is 15.5. The molecule has 1 N–H and O–H groups in total. The summed E-state index contributed by atoms with van der Waals surface area (Å²) in [4.78, 5) is 15.7. The lowest BCUT2D eigenvalue weighted by atomic mass is 9.96. The van der Waals surface area contributed by atoms with Gasteiger partial charge in [-0.3, -0.25) is 4.99 Å². The highest BCUT2D eigenvalue weighted by molar-refractivity contribution is 6.37. The molecule has 1 atom stereocenters. The van der Waals surface area contributed by atoms with Gasteiger partial charge in [-0.25, -0.2) is 4.39 Å². The van der Waals surface area contributed by atoms with E-state index in [0.29, 0.717) is 17.1 Å². The molecular weight excluding hydrogens is 429 g/mol. The van der Waals surface area contributed by atoms with E-state index in [-0.39, 0.29) is 23.3 Å². The Kier molecular flexibility index (Phi) is 6.86. The molecule has 2 aromatic rings. The molecule has 2 aliphatic heterocycles. The number of allylic oxidation sites excluding steroid dienone is 1. The molecule has 8 heteroatoms. The maximum atomic E-state index is 16.2. The predicted octanol–water partition coefficient (Wildman–Crippen LogP) is 4.44. The van der Waals surface area contributed by atoms with Crippen LogP contribution in [0.4, 0.5) is 4.39 Å². The maximum Gasteiger partial charge on any atom is 0.318 e. The molecule has 2 aliphatic rings. The fourth-order valence-electron chi connectivity index (χ4n) is 4.16. The lowest BCUT2D eigenvalue weighted by Gasteiger charge is -2.34. The van der Waals surface area contributed by atoms with Crippen LogP contribution in [-0.4, -0.2) is 62.3 Å². The van der Waals surface area contributed by atoms with Gasteiger partial charge >= 0.3 is 6.02 Å². The molecule has 0 amide bonds. The van der Waals surface area contributed by atoms with E-state index in [1.807, 2.05) is 50.2 Å². The summed E-state index contributed by atoms with van der Waals surface area (Å²) in [6, 6.07) is 11.5. The van der Waals surface area contributed by atoms with Gasteiger partial charge in [0.05, 0.1) is 18.7 Å². The number of hydrogen-bond donors (Lipinski definition) is 1. The summed E-state index contributed by atoms with van der Waals surface area (Å²) in [6.45, 7) is 7.52. The van der Waals surface area contributed by atoms with Crippen molar-refractivity contribution in [2.24, 2.45) is 20.9 Å². The van der Waals surface area contributed by atoms with Crippen LogP contribution in [0.25, 0.3) is 10.8 Å². The molecule has 2 aromatic carbocycles. The van der Waals surface area contributed by atoms with E-state index >= 15 is 4.39 Å². The third-order valence-corrected chi connectivity index (χ3v) is 6.02. The lowest BCUT2D eigenvalue weighted by molar-refractivity contribution is 0.339. The minimum absolute atomic E-state index is 0.147. The average Bonchev–Trinajstić information content (AvgIpc) is 2.83. The van der Waals surface area contributed by atoms with Crippen LogP contribution in [0.15, 0.2) is 62.9 Å². The number of amidine groups is 2. The number of nitrogens with one attached hydrogen (secondary N) is 1. The molecule has 0 radical (unpaired) electrons. The Balaban J connectivity index is 1.85. The summed E-state index contributed by atoms with van der Waals surface area (Å²) < 4.78 is 21.6. The number of fused-ring (bicyclic) bond motifs is 1. The van der Waals surface area contributed by atoms with Crippen molar-refractivity contribution >= 4 is 39.9 Å². The number of aliphatic imine (C=N–C) groups is 3. The van der Waals surface area contributed by atoms with E-state index in [1.165, 1.54) is 7.11 Å². The zero-order chi connectivity index (χ0) is 22.7. The lowest BCUT2D eigenvalue weighted by Crippen LogP contribution is -2.49. The molecule has 0 bridgehead atoms. The number of hydrogen-bond acceptors (Lipinski definition) is 6. The fraction of sp³-hybridized carbons (Fsp3) is 0.375. The summed E-state index contributed by atoms with van der Waals surface area (Å²) in [6.07, 6.45) is 0. The first-order valence-electron chi connectivity index (χ1n) is 10.8. The van der Waals surface area contributed by atoms with Gasteiger partial charge in [-0.1, -0.05) is 41.9 Å². The van der Waals surface area contributed by atoms with E-state index in [2.05, 4.69) is 25.2 Å². The van der Waals surface area contributed by atoms with E-state index < -0.39 is 5.83 Å². The Morgan fingerprint density at radius 1 is 1.22 bits per heavy atom. The Morgan fingerprint density at radius 2 is 1.94 bits per heavy atom. The van der Waals surface area contributed by atoms with Crippen LogP contribution < -0.4 is 5.32 Å². The molecule has 0 aliphatic carbocycles. The van der Waals surface area contributed by atoms with E-state index in [0.717, 1.165) is 42.8 Å². The second kappa shape index (κ2) is 9.79. The molecule has 0 spiro atoms. The highest BCUT2D eigenvalue weighted by atomic mass is 35.5. The van der Waals surface area contributed by atoms with Crippen molar-refractivity contribution in [2.45, 2.75) is 13.8 Å². The van der Waals surface area contributed by atoms with E-state index in [4.69, 9.17) is 16.3 Å². The number of piperazine rings is 1. The number of rotatable bonds is 3. The molecule has 168 valence electrons. The smallest absolute Gasteiger partial charge is 0.318 e. The fourth-order valence-corrected chi connectivity index (χ4v) is 4.44. The molecule has 1 saturated heterocycles. The van der Waals surface area contributed by atoms with Crippen molar-refractivity contribution in [3.8, 4) is 0 Å². The first-order valence-corrected chi connectivity index (χ1v) is 11.2.